The second-order valence-corrected chi connectivity index (χ2v) is 10.0. The molecule has 0 fully saturated rings. The van der Waals surface area contributed by atoms with Crippen molar-refractivity contribution in [1.82, 2.24) is 24.4 Å². The minimum absolute atomic E-state index is 0.109. The van der Waals surface area contributed by atoms with Gasteiger partial charge >= 0.3 is 0 Å². The summed E-state index contributed by atoms with van der Waals surface area (Å²) in [5.41, 5.74) is 2.12. The predicted octanol–water partition coefficient (Wildman–Crippen LogP) is 4.21. The van der Waals surface area contributed by atoms with Gasteiger partial charge in [0.2, 0.25) is 11.8 Å². The van der Waals surface area contributed by atoms with Gasteiger partial charge in [0, 0.05) is 26.2 Å². The first-order chi connectivity index (χ1) is 18.1. The number of hydrogen-bond acceptors (Lipinski definition) is 5. The van der Waals surface area contributed by atoms with Crippen molar-refractivity contribution in [2.45, 2.75) is 65.8 Å². The molecule has 0 aliphatic rings. The van der Waals surface area contributed by atoms with E-state index in [2.05, 4.69) is 34.1 Å². The molecule has 10 heteroatoms. The zero-order valence-electron chi connectivity index (χ0n) is 22.8. The minimum Gasteiger partial charge on any atom is -0.345 e. The van der Waals surface area contributed by atoms with E-state index in [0.29, 0.717) is 42.9 Å². The number of allylic oxidation sites excluding steroid dienone is 1. The summed E-state index contributed by atoms with van der Waals surface area (Å²) in [4.78, 5) is 50.8. The Hall–Kier alpha value is -3.82. The Morgan fingerprint density at radius 1 is 1.26 bits per heavy atom. The average molecular weight is 525 g/mol. The van der Waals surface area contributed by atoms with E-state index in [1.165, 1.54) is 17.2 Å². The molecule has 2 amide bonds. The van der Waals surface area contributed by atoms with Gasteiger partial charge < -0.3 is 19.8 Å². The van der Waals surface area contributed by atoms with Gasteiger partial charge in [-0.3, -0.25) is 19.4 Å². The van der Waals surface area contributed by atoms with E-state index in [1.807, 2.05) is 13.0 Å². The minimum atomic E-state index is -0.516. The zero-order valence-corrected chi connectivity index (χ0v) is 22.8. The number of nitrogens with one attached hydrogen (secondary N) is 2. The van der Waals surface area contributed by atoms with E-state index in [0.717, 1.165) is 17.8 Å². The van der Waals surface area contributed by atoms with Crippen LogP contribution in [-0.4, -0.2) is 50.3 Å². The largest absolute Gasteiger partial charge is 0.345 e. The van der Waals surface area contributed by atoms with Crippen molar-refractivity contribution < 1.29 is 14.0 Å². The van der Waals surface area contributed by atoms with Crippen LogP contribution in [0.2, 0.25) is 0 Å². The Balaban J connectivity index is 1.79. The smallest absolute Gasteiger partial charge is 0.274 e. The molecule has 0 saturated heterocycles. The van der Waals surface area contributed by atoms with Gasteiger partial charge in [0.05, 0.1) is 24.0 Å². The molecule has 0 unspecified atom stereocenters. The fourth-order valence-electron chi connectivity index (χ4n) is 4.12. The zero-order chi connectivity index (χ0) is 27.8. The van der Waals surface area contributed by atoms with Gasteiger partial charge in [-0.15, -0.1) is 0 Å². The monoisotopic (exact) mass is 524 g/mol. The summed E-state index contributed by atoms with van der Waals surface area (Å²) in [7, 11) is 3.35. The third-order valence-electron chi connectivity index (χ3n) is 6.03. The van der Waals surface area contributed by atoms with E-state index in [1.54, 1.807) is 30.8 Å². The van der Waals surface area contributed by atoms with E-state index in [4.69, 9.17) is 0 Å². The van der Waals surface area contributed by atoms with Crippen LogP contribution in [0.4, 0.5) is 10.1 Å². The summed E-state index contributed by atoms with van der Waals surface area (Å²) < 4.78 is 16.1. The van der Waals surface area contributed by atoms with Crippen molar-refractivity contribution in [2.24, 2.45) is 5.92 Å². The lowest BCUT2D eigenvalue weighted by molar-refractivity contribution is -0.123. The van der Waals surface area contributed by atoms with Gasteiger partial charge in [0.1, 0.15) is 17.0 Å². The number of likely N-dealkylation sites (N-methyl/N-ethyl adjacent to an activating group) is 1. The molecule has 0 aromatic carbocycles. The van der Waals surface area contributed by atoms with E-state index >= 15 is 0 Å². The van der Waals surface area contributed by atoms with Gasteiger partial charge in [0.25, 0.3) is 5.56 Å². The number of fused-ring (bicyclic) bond motifs is 1. The predicted molar refractivity (Wildman–Crippen MR) is 147 cm³/mol. The highest BCUT2D eigenvalue weighted by Crippen LogP contribution is 2.21. The highest BCUT2D eigenvalue weighted by atomic mass is 19.1. The lowest BCUT2D eigenvalue weighted by atomic mass is 10.1. The second kappa shape index (κ2) is 13.1. The molecule has 0 saturated carbocycles. The average Bonchev–Trinajstić information content (AvgIpc) is 3.29. The molecule has 0 radical (unpaired) electrons. The molecule has 3 rings (SSSR count). The van der Waals surface area contributed by atoms with Crippen molar-refractivity contribution in [1.29, 1.82) is 0 Å². The van der Waals surface area contributed by atoms with Crippen LogP contribution in [0.15, 0.2) is 35.3 Å². The highest BCUT2D eigenvalue weighted by molar-refractivity contribution is 5.90. The number of aromatic nitrogens is 4. The van der Waals surface area contributed by atoms with Crippen LogP contribution in [0.1, 0.15) is 63.7 Å². The van der Waals surface area contributed by atoms with Crippen LogP contribution in [0, 0.1) is 11.7 Å². The van der Waals surface area contributed by atoms with Crippen molar-refractivity contribution in [3.05, 3.63) is 63.9 Å². The fourth-order valence-corrected chi connectivity index (χ4v) is 4.12. The molecule has 204 valence electrons. The maximum absolute atomic E-state index is 14.5. The van der Waals surface area contributed by atoms with Crippen LogP contribution >= 0.6 is 0 Å². The molecule has 0 bridgehead atoms. The summed E-state index contributed by atoms with van der Waals surface area (Å²) in [6, 6.07) is 3.45. The first-order valence-corrected chi connectivity index (χ1v) is 13.0. The Kier molecular flexibility index (Phi) is 9.92. The number of pyridine rings is 2. The molecule has 3 heterocycles. The lowest BCUT2D eigenvalue weighted by Crippen LogP contribution is -2.28. The third kappa shape index (κ3) is 7.36. The number of hydrogen-bond donors (Lipinski definition) is 2. The number of anilines is 1. The number of carbonyl (C=O) groups is 2. The fraction of sp³-hybridized carbons (Fsp3) is 0.464. The number of aryl methyl sites for hydroxylation is 1. The van der Waals surface area contributed by atoms with Crippen LogP contribution in [0.3, 0.4) is 0 Å². The molecule has 38 heavy (non-hydrogen) atoms. The van der Waals surface area contributed by atoms with Crippen LogP contribution in [-0.2, 0) is 29.0 Å². The summed E-state index contributed by atoms with van der Waals surface area (Å²) >= 11 is 0. The molecule has 0 aliphatic heterocycles. The number of carbonyl (C=O) groups excluding carboxylic acids is 2. The number of imidazole rings is 1. The number of amides is 2. The molecule has 9 nitrogen and oxygen atoms in total. The summed E-state index contributed by atoms with van der Waals surface area (Å²) in [6.45, 7) is 6.25. The maximum atomic E-state index is 14.5. The number of nitrogens with zero attached hydrogens (tertiary/aromatic N) is 4. The van der Waals surface area contributed by atoms with Gasteiger partial charge in [0.15, 0.2) is 5.82 Å². The van der Waals surface area contributed by atoms with Gasteiger partial charge in [-0.05, 0) is 49.8 Å². The molecule has 0 atom stereocenters. The molecule has 0 spiro atoms. The molecule has 0 aliphatic carbocycles. The summed E-state index contributed by atoms with van der Waals surface area (Å²) in [5, 5.41) is 2.72. The molecular weight excluding hydrogens is 487 g/mol. The van der Waals surface area contributed by atoms with Crippen molar-refractivity contribution in [3.8, 4) is 0 Å². The Labute approximate surface area is 222 Å². The molecule has 3 aromatic heterocycles. The van der Waals surface area contributed by atoms with Crippen molar-refractivity contribution in [3.63, 3.8) is 0 Å². The normalized spacial score (nSPS) is 11.6. The SMILES string of the molecule is CCCc1ccc(NC(=O)CCC/C=C/C(=O)N(C)C)c(=O)n1Cc1nc2c(F)cnc(CC(C)C)c2[nH]1. The van der Waals surface area contributed by atoms with Gasteiger partial charge in [-0.25, -0.2) is 9.37 Å². The van der Waals surface area contributed by atoms with Crippen LogP contribution < -0.4 is 10.9 Å². The Morgan fingerprint density at radius 3 is 2.71 bits per heavy atom. The maximum Gasteiger partial charge on any atom is 0.274 e. The number of halogens is 1. The first-order valence-electron chi connectivity index (χ1n) is 13.0. The van der Waals surface area contributed by atoms with E-state index in [9.17, 15) is 18.8 Å². The highest BCUT2D eigenvalue weighted by Gasteiger charge is 2.17. The summed E-state index contributed by atoms with van der Waals surface area (Å²) in [5.74, 6) is -0.128. The number of H-pyrrole nitrogens is 1. The molecular formula is C28H37FN6O3. The topological polar surface area (TPSA) is 113 Å². The first kappa shape index (κ1) is 28.7. The number of rotatable bonds is 12. The van der Waals surface area contributed by atoms with Crippen LogP contribution in [0.25, 0.3) is 11.0 Å². The van der Waals surface area contributed by atoms with Gasteiger partial charge in [-0.1, -0.05) is 33.3 Å². The second-order valence-electron chi connectivity index (χ2n) is 10.0. The van der Waals surface area contributed by atoms with Crippen molar-refractivity contribution >= 4 is 28.5 Å². The summed E-state index contributed by atoms with van der Waals surface area (Å²) in [6.07, 6.45) is 7.89. The van der Waals surface area contributed by atoms with Crippen LogP contribution in [0.5, 0.6) is 0 Å². The number of unbranched alkanes of at least 4 members (excludes halogenated alkanes) is 1. The van der Waals surface area contributed by atoms with Gasteiger partial charge in [-0.2, -0.15) is 0 Å². The standard InChI is InChI=1S/C28H37FN6O3/c1-6-10-19-13-14-21(31-24(36)11-8-7-9-12-25(37)34(4)5)28(38)35(19)17-23-32-26-20(29)16-30-22(15-18(2)3)27(26)33-23/h9,12-14,16,18H,6-8,10-11,15,17H2,1-5H3,(H,31,36)(H,32,33)/b12-9+. The number of aromatic amines is 1. The third-order valence-corrected chi connectivity index (χ3v) is 6.03. The van der Waals surface area contributed by atoms with Crippen molar-refractivity contribution in [2.75, 3.05) is 19.4 Å². The molecule has 2 N–H and O–H groups in total. The molecule has 3 aromatic rings. The Bertz CT molecular complexity index is 1370. The van der Waals surface area contributed by atoms with E-state index < -0.39 is 5.82 Å². The van der Waals surface area contributed by atoms with E-state index in [-0.39, 0.29) is 41.5 Å². The lowest BCUT2D eigenvalue weighted by Gasteiger charge is -2.14. The Morgan fingerprint density at radius 2 is 2.03 bits per heavy atom. The quantitative estimate of drug-likeness (QED) is 0.272.